The zero-order valence-electron chi connectivity index (χ0n) is 10.8. The molecule has 0 bridgehead atoms. The number of carbonyl (C=O) groups excluding carboxylic acids is 2. The van der Waals surface area contributed by atoms with Crippen LogP contribution < -0.4 is 11.3 Å². The number of ether oxygens (including phenoxy) is 1. The molecule has 0 radical (unpaired) electrons. The summed E-state index contributed by atoms with van der Waals surface area (Å²) in [7, 11) is 0. The molecule has 0 aliphatic carbocycles. The Morgan fingerprint density at radius 2 is 2.10 bits per heavy atom. The van der Waals surface area contributed by atoms with Crippen molar-refractivity contribution in [1.82, 2.24) is 9.55 Å². The number of benzene rings is 1. The summed E-state index contributed by atoms with van der Waals surface area (Å²) in [5.74, 6) is -1.47. The van der Waals surface area contributed by atoms with Gasteiger partial charge in [-0.15, -0.1) is 0 Å². The van der Waals surface area contributed by atoms with Crippen LogP contribution in [-0.2, 0) is 20.9 Å². The normalized spacial score (nSPS) is 12.1. The second-order valence-electron chi connectivity index (χ2n) is 4.23. The van der Waals surface area contributed by atoms with Crippen LogP contribution >= 0.6 is 0 Å². The van der Waals surface area contributed by atoms with E-state index in [0.29, 0.717) is 10.9 Å². The fraction of sp³-hybridized carbons (Fsp3) is 0.231. The van der Waals surface area contributed by atoms with Crippen molar-refractivity contribution in [2.75, 3.05) is 0 Å². The number of amides is 1. The van der Waals surface area contributed by atoms with E-state index in [2.05, 4.69) is 4.98 Å². The maximum atomic E-state index is 12.1. The molecule has 2 rings (SSSR count). The van der Waals surface area contributed by atoms with E-state index in [1.54, 1.807) is 24.3 Å². The molecule has 1 aromatic carbocycles. The smallest absolute Gasteiger partial charge is 0.326 e. The molecule has 1 unspecified atom stereocenters. The molecule has 20 heavy (non-hydrogen) atoms. The highest BCUT2D eigenvalue weighted by Crippen LogP contribution is 2.04. The SMILES string of the molecule is CC(OC(=O)Cn1cnc2ccccc2c1=O)C(N)=O. The molecule has 1 amide bonds. The van der Waals surface area contributed by atoms with E-state index in [0.717, 1.165) is 4.57 Å². The molecular formula is C13H13N3O4. The van der Waals surface area contributed by atoms with Crippen molar-refractivity contribution >= 4 is 22.8 Å². The first-order valence-electron chi connectivity index (χ1n) is 5.92. The Balaban J connectivity index is 2.22. The summed E-state index contributed by atoms with van der Waals surface area (Å²) < 4.78 is 5.91. The first kappa shape index (κ1) is 13.7. The lowest BCUT2D eigenvalue weighted by atomic mass is 10.2. The molecule has 0 saturated heterocycles. The Kier molecular flexibility index (Phi) is 3.79. The van der Waals surface area contributed by atoms with E-state index in [1.165, 1.54) is 13.3 Å². The number of para-hydroxylation sites is 1. The van der Waals surface area contributed by atoms with Gasteiger partial charge in [0.15, 0.2) is 6.10 Å². The van der Waals surface area contributed by atoms with Crippen LogP contribution in [0, 0.1) is 0 Å². The molecule has 0 aliphatic heterocycles. The zero-order chi connectivity index (χ0) is 14.7. The van der Waals surface area contributed by atoms with Gasteiger partial charge >= 0.3 is 5.97 Å². The number of nitrogens with two attached hydrogens (primary N) is 1. The molecule has 2 aromatic rings. The molecule has 1 heterocycles. The highest BCUT2D eigenvalue weighted by Gasteiger charge is 2.15. The van der Waals surface area contributed by atoms with Gasteiger partial charge in [0.05, 0.1) is 17.2 Å². The number of nitrogens with zero attached hydrogens (tertiary/aromatic N) is 2. The minimum Gasteiger partial charge on any atom is -0.451 e. The summed E-state index contributed by atoms with van der Waals surface area (Å²) in [6.45, 7) is 1.04. The lowest BCUT2D eigenvalue weighted by Crippen LogP contribution is -2.33. The van der Waals surface area contributed by atoms with Crippen LogP contribution in [0.1, 0.15) is 6.92 Å². The second-order valence-corrected chi connectivity index (χ2v) is 4.23. The average molecular weight is 275 g/mol. The zero-order valence-corrected chi connectivity index (χ0v) is 10.8. The van der Waals surface area contributed by atoms with Crippen LogP contribution in [0.25, 0.3) is 10.9 Å². The van der Waals surface area contributed by atoms with Crippen LogP contribution in [0.3, 0.4) is 0 Å². The number of hydrogen-bond acceptors (Lipinski definition) is 5. The molecule has 0 spiro atoms. The largest absolute Gasteiger partial charge is 0.451 e. The Bertz CT molecular complexity index is 723. The predicted molar refractivity (Wildman–Crippen MR) is 70.8 cm³/mol. The summed E-state index contributed by atoms with van der Waals surface area (Å²) in [4.78, 5) is 38.6. The van der Waals surface area contributed by atoms with E-state index < -0.39 is 18.0 Å². The Labute approximate surface area is 114 Å². The fourth-order valence-electron chi connectivity index (χ4n) is 1.65. The summed E-state index contributed by atoms with van der Waals surface area (Å²) in [5.41, 5.74) is 5.19. The van der Waals surface area contributed by atoms with Crippen molar-refractivity contribution in [3.63, 3.8) is 0 Å². The Hall–Kier alpha value is -2.70. The van der Waals surface area contributed by atoms with Crippen molar-refractivity contribution < 1.29 is 14.3 Å². The van der Waals surface area contributed by atoms with Crippen LogP contribution in [0.15, 0.2) is 35.4 Å². The van der Waals surface area contributed by atoms with Crippen molar-refractivity contribution in [3.8, 4) is 0 Å². The highest BCUT2D eigenvalue weighted by atomic mass is 16.5. The quantitative estimate of drug-likeness (QED) is 0.779. The first-order valence-corrected chi connectivity index (χ1v) is 5.92. The number of fused-ring (bicyclic) bond motifs is 1. The number of aromatic nitrogens is 2. The predicted octanol–water partition coefficient (Wildman–Crippen LogP) is -0.186. The van der Waals surface area contributed by atoms with Gasteiger partial charge in [0, 0.05) is 0 Å². The van der Waals surface area contributed by atoms with Crippen molar-refractivity contribution in [1.29, 1.82) is 0 Å². The van der Waals surface area contributed by atoms with Gasteiger partial charge in [-0.25, -0.2) is 4.98 Å². The van der Waals surface area contributed by atoms with Gasteiger partial charge in [0.2, 0.25) is 0 Å². The third kappa shape index (κ3) is 2.82. The highest BCUT2D eigenvalue weighted by molar-refractivity contribution is 5.82. The standard InChI is InChI=1S/C13H13N3O4/c1-8(12(14)18)20-11(17)6-16-7-15-10-5-3-2-4-9(10)13(16)19/h2-5,7-8H,6H2,1H3,(H2,14,18). The number of hydrogen-bond donors (Lipinski definition) is 1. The molecule has 0 aliphatic rings. The van der Waals surface area contributed by atoms with E-state index in [4.69, 9.17) is 10.5 Å². The van der Waals surface area contributed by atoms with E-state index in [-0.39, 0.29) is 12.1 Å². The number of carbonyl (C=O) groups is 2. The molecule has 1 aromatic heterocycles. The summed E-state index contributed by atoms with van der Waals surface area (Å²) in [6.07, 6.45) is 0.229. The number of esters is 1. The molecule has 7 heteroatoms. The summed E-state index contributed by atoms with van der Waals surface area (Å²) in [5, 5.41) is 0.408. The van der Waals surface area contributed by atoms with Gasteiger partial charge in [-0.3, -0.25) is 19.0 Å². The Morgan fingerprint density at radius 3 is 2.80 bits per heavy atom. The lowest BCUT2D eigenvalue weighted by molar-refractivity contribution is -0.154. The molecule has 0 fully saturated rings. The van der Waals surface area contributed by atoms with Crippen LogP contribution in [0.2, 0.25) is 0 Å². The minimum atomic E-state index is -1.04. The van der Waals surface area contributed by atoms with E-state index in [1.807, 2.05) is 0 Å². The maximum absolute atomic E-state index is 12.1. The van der Waals surface area contributed by atoms with E-state index >= 15 is 0 Å². The topological polar surface area (TPSA) is 104 Å². The van der Waals surface area contributed by atoms with Crippen molar-refractivity contribution in [2.24, 2.45) is 5.73 Å². The molecule has 2 N–H and O–H groups in total. The molecule has 104 valence electrons. The van der Waals surface area contributed by atoms with Gasteiger partial charge in [-0.05, 0) is 19.1 Å². The molecular weight excluding hydrogens is 262 g/mol. The van der Waals surface area contributed by atoms with Gasteiger partial charge in [-0.2, -0.15) is 0 Å². The lowest BCUT2D eigenvalue weighted by Gasteiger charge is -2.10. The van der Waals surface area contributed by atoms with Gasteiger partial charge in [0.1, 0.15) is 6.54 Å². The van der Waals surface area contributed by atoms with Gasteiger partial charge in [-0.1, -0.05) is 12.1 Å². The molecule has 1 atom stereocenters. The van der Waals surface area contributed by atoms with Crippen molar-refractivity contribution in [2.45, 2.75) is 19.6 Å². The number of rotatable bonds is 4. The minimum absolute atomic E-state index is 0.325. The molecule has 7 nitrogen and oxygen atoms in total. The monoisotopic (exact) mass is 275 g/mol. The summed E-state index contributed by atoms with van der Waals surface area (Å²) >= 11 is 0. The first-order chi connectivity index (χ1) is 9.49. The van der Waals surface area contributed by atoms with Crippen LogP contribution in [-0.4, -0.2) is 27.5 Å². The Morgan fingerprint density at radius 1 is 1.40 bits per heavy atom. The fourth-order valence-corrected chi connectivity index (χ4v) is 1.65. The average Bonchev–Trinajstić information content (AvgIpc) is 2.42. The van der Waals surface area contributed by atoms with E-state index in [9.17, 15) is 14.4 Å². The van der Waals surface area contributed by atoms with Crippen LogP contribution in [0.5, 0.6) is 0 Å². The second kappa shape index (κ2) is 5.52. The third-order valence-electron chi connectivity index (χ3n) is 2.74. The third-order valence-corrected chi connectivity index (χ3v) is 2.74. The summed E-state index contributed by atoms with van der Waals surface area (Å²) in [6, 6.07) is 6.80. The van der Waals surface area contributed by atoms with Gasteiger partial charge in [0.25, 0.3) is 11.5 Å². The number of primary amides is 1. The van der Waals surface area contributed by atoms with Gasteiger partial charge < -0.3 is 10.5 Å². The maximum Gasteiger partial charge on any atom is 0.326 e. The van der Waals surface area contributed by atoms with Crippen LogP contribution in [0.4, 0.5) is 0 Å². The van der Waals surface area contributed by atoms with Crippen molar-refractivity contribution in [3.05, 3.63) is 40.9 Å². The molecule has 0 saturated carbocycles.